The van der Waals surface area contributed by atoms with Crippen molar-refractivity contribution in [2.24, 2.45) is 0 Å². The maximum absolute atomic E-state index is 12.9. The van der Waals surface area contributed by atoms with E-state index in [1.165, 1.54) is 6.42 Å². The molecule has 2 nitrogen and oxygen atoms in total. The topological polar surface area (TPSA) is 20.3 Å². The molecular weight excluding hydrogens is 281 g/mol. The minimum Gasteiger partial charge on any atom is -0.297 e. The highest BCUT2D eigenvalue weighted by Crippen LogP contribution is 2.36. The highest BCUT2D eigenvalue weighted by atomic mass is 35.5. The van der Waals surface area contributed by atoms with Crippen molar-refractivity contribution in [1.82, 2.24) is 4.90 Å². The molecule has 1 fully saturated rings. The SMILES string of the molecule is CN(C)C1(C(=O)c2ccc(Cl)c(Cl)c2)CCCCC1. The van der Waals surface area contributed by atoms with Gasteiger partial charge in [-0.1, -0.05) is 42.5 Å². The van der Waals surface area contributed by atoms with E-state index in [2.05, 4.69) is 4.90 Å². The first kappa shape index (κ1) is 14.8. The van der Waals surface area contributed by atoms with E-state index < -0.39 is 0 Å². The summed E-state index contributed by atoms with van der Waals surface area (Å²) in [6.45, 7) is 0. The third kappa shape index (κ3) is 2.81. The summed E-state index contributed by atoms with van der Waals surface area (Å²) >= 11 is 11.9. The number of hydrogen-bond donors (Lipinski definition) is 0. The van der Waals surface area contributed by atoms with Crippen LogP contribution >= 0.6 is 23.2 Å². The van der Waals surface area contributed by atoms with Crippen LogP contribution in [-0.4, -0.2) is 30.3 Å². The van der Waals surface area contributed by atoms with Crippen LogP contribution in [0.4, 0.5) is 0 Å². The van der Waals surface area contributed by atoms with Crippen molar-refractivity contribution in [1.29, 1.82) is 0 Å². The molecule has 0 aromatic heterocycles. The molecule has 0 spiro atoms. The number of carbonyl (C=O) groups is 1. The summed E-state index contributed by atoms with van der Waals surface area (Å²) in [5.74, 6) is 0.163. The zero-order valence-electron chi connectivity index (χ0n) is 11.4. The Morgan fingerprint density at radius 2 is 1.74 bits per heavy atom. The van der Waals surface area contributed by atoms with Gasteiger partial charge in [0, 0.05) is 5.56 Å². The number of likely N-dealkylation sites (N-methyl/N-ethyl adjacent to an activating group) is 1. The molecule has 1 aromatic carbocycles. The Hall–Kier alpha value is -0.570. The van der Waals surface area contributed by atoms with Crippen molar-refractivity contribution >= 4 is 29.0 Å². The van der Waals surface area contributed by atoms with Gasteiger partial charge in [0.25, 0.3) is 0 Å². The average molecular weight is 300 g/mol. The first-order valence-electron chi connectivity index (χ1n) is 6.65. The van der Waals surface area contributed by atoms with Crippen molar-refractivity contribution in [3.05, 3.63) is 33.8 Å². The second-order valence-electron chi connectivity index (χ2n) is 5.44. The van der Waals surface area contributed by atoms with Gasteiger partial charge in [-0.05, 0) is 45.1 Å². The Bertz CT molecular complexity index is 479. The van der Waals surface area contributed by atoms with Crippen LogP contribution in [0.15, 0.2) is 18.2 Å². The maximum Gasteiger partial charge on any atom is 0.183 e. The second kappa shape index (κ2) is 5.82. The largest absolute Gasteiger partial charge is 0.297 e. The highest BCUT2D eigenvalue weighted by Gasteiger charge is 2.41. The number of hydrogen-bond acceptors (Lipinski definition) is 2. The van der Waals surface area contributed by atoms with E-state index in [9.17, 15) is 4.79 Å². The van der Waals surface area contributed by atoms with Gasteiger partial charge < -0.3 is 0 Å². The fraction of sp³-hybridized carbons (Fsp3) is 0.533. The molecule has 0 bridgehead atoms. The van der Waals surface area contributed by atoms with E-state index in [0.717, 1.165) is 25.7 Å². The van der Waals surface area contributed by atoms with Crippen LogP contribution in [0, 0.1) is 0 Å². The number of halogens is 2. The molecule has 19 heavy (non-hydrogen) atoms. The molecule has 0 atom stereocenters. The molecule has 0 saturated heterocycles. The van der Waals surface area contributed by atoms with Gasteiger partial charge in [0.05, 0.1) is 15.6 Å². The summed E-state index contributed by atoms with van der Waals surface area (Å²) < 4.78 is 0. The predicted octanol–water partition coefficient (Wildman–Crippen LogP) is 4.44. The number of Topliss-reactive ketones (excluding diaryl/α,β-unsaturated/α-hetero) is 1. The molecule has 2 rings (SSSR count). The minimum atomic E-state index is -0.380. The Morgan fingerprint density at radius 1 is 1.11 bits per heavy atom. The third-order valence-electron chi connectivity index (χ3n) is 4.14. The first-order valence-corrected chi connectivity index (χ1v) is 7.40. The van der Waals surface area contributed by atoms with Gasteiger partial charge in [-0.15, -0.1) is 0 Å². The quantitative estimate of drug-likeness (QED) is 0.769. The molecule has 104 valence electrons. The van der Waals surface area contributed by atoms with E-state index in [1.54, 1.807) is 18.2 Å². The lowest BCUT2D eigenvalue weighted by Gasteiger charge is -2.41. The van der Waals surface area contributed by atoms with Gasteiger partial charge in [-0.25, -0.2) is 0 Å². The van der Waals surface area contributed by atoms with Crippen LogP contribution in [0.1, 0.15) is 42.5 Å². The Labute approximate surface area is 124 Å². The fourth-order valence-electron chi connectivity index (χ4n) is 2.92. The molecule has 4 heteroatoms. The minimum absolute atomic E-state index is 0.163. The summed E-state index contributed by atoms with van der Waals surface area (Å²) in [6, 6.07) is 5.16. The van der Waals surface area contributed by atoms with E-state index in [0.29, 0.717) is 15.6 Å². The van der Waals surface area contributed by atoms with Crippen LogP contribution in [0.3, 0.4) is 0 Å². The standard InChI is InChI=1S/C15H19Cl2NO/c1-18(2)15(8-4-3-5-9-15)14(19)11-6-7-12(16)13(17)10-11/h6-7,10H,3-5,8-9H2,1-2H3. The number of ketones is 1. The van der Waals surface area contributed by atoms with Gasteiger partial charge in [-0.2, -0.15) is 0 Å². The molecule has 0 heterocycles. The van der Waals surface area contributed by atoms with Crippen LogP contribution in [0.2, 0.25) is 10.0 Å². The van der Waals surface area contributed by atoms with Crippen molar-refractivity contribution in [3.63, 3.8) is 0 Å². The van der Waals surface area contributed by atoms with Crippen molar-refractivity contribution < 1.29 is 4.79 Å². The second-order valence-corrected chi connectivity index (χ2v) is 6.26. The van der Waals surface area contributed by atoms with E-state index in [1.807, 2.05) is 14.1 Å². The Morgan fingerprint density at radius 3 is 2.26 bits per heavy atom. The molecule has 0 N–H and O–H groups in total. The Kier molecular flexibility index (Phi) is 4.54. The summed E-state index contributed by atoms with van der Waals surface area (Å²) in [5, 5.41) is 0.929. The van der Waals surface area contributed by atoms with Crippen LogP contribution < -0.4 is 0 Å². The van der Waals surface area contributed by atoms with Gasteiger partial charge in [0.15, 0.2) is 5.78 Å². The highest BCUT2D eigenvalue weighted by molar-refractivity contribution is 6.42. The number of carbonyl (C=O) groups excluding carboxylic acids is 1. The number of benzene rings is 1. The number of nitrogens with zero attached hydrogens (tertiary/aromatic N) is 1. The lowest BCUT2D eigenvalue weighted by Crippen LogP contribution is -2.52. The summed E-state index contributed by atoms with van der Waals surface area (Å²) in [4.78, 5) is 14.9. The molecule has 0 amide bonds. The van der Waals surface area contributed by atoms with E-state index >= 15 is 0 Å². The zero-order valence-corrected chi connectivity index (χ0v) is 12.9. The molecule has 1 aromatic rings. The molecule has 1 saturated carbocycles. The van der Waals surface area contributed by atoms with Crippen molar-refractivity contribution in [2.45, 2.75) is 37.6 Å². The molecule has 1 aliphatic rings. The maximum atomic E-state index is 12.9. The molecule has 0 unspecified atom stereocenters. The van der Waals surface area contributed by atoms with Crippen LogP contribution in [0.5, 0.6) is 0 Å². The van der Waals surface area contributed by atoms with Crippen LogP contribution in [-0.2, 0) is 0 Å². The Balaban J connectivity index is 2.36. The average Bonchev–Trinajstić information content (AvgIpc) is 2.41. The van der Waals surface area contributed by atoms with Gasteiger partial charge in [-0.3, -0.25) is 9.69 Å². The van der Waals surface area contributed by atoms with Crippen LogP contribution in [0.25, 0.3) is 0 Å². The van der Waals surface area contributed by atoms with Gasteiger partial charge >= 0.3 is 0 Å². The lowest BCUT2D eigenvalue weighted by molar-refractivity contribution is 0.0564. The first-order chi connectivity index (χ1) is 8.97. The molecule has 0 radical (unpaired) electrons. The zero-order chi connectivity index (χ0) is 14.0. The van der Waals surface area contributed by atoms with E-state index in [-0.39, 0.29) is 11.3 Å². The van der Waals surface area contributed by atoms with Gasteiger partial charge in [0.1, 0.15) is 0 Å². The summed E-state index contributed by atoms with van der Waals surface area (Å²) in [7, 11) is 3.97. The lowest BCUT2D eigenvalue weighted by atomic mass is 9.75. The van der Waals surface area contributed by atoms with Crippen molar-refractivity contribution in [3.8, 4) is 0 Å². The van der Waals surface area contributed by atoms with Crippen molar-refractivity contribution in [2.75, 3.05) is 14.1 Å². The molecule has 1 aliphatic carbocycles. The third-order valence-corrected chi connectivity index (χ3v) is 4.88. The molecular formula is C15H19Cl2NO. The van der Waals surface area contributed by atoms with E-state index in [4.69, 9.17) is 23.2 Å². The molecule has 0 aliphatic heterocycles. The normalized spacial score (nSPS) is 18.6. The van der Waals surface area contributed by atoms with Gasteiger partial charge in [0.2, 0.25) is 0 Å². The fourth-order valence-corrected chi connectivity index (χ4v) is 3.22. The smallest absolute Gasteiger partial charge is 0.183 e. The predicted molar refractivity (Wildman–Crippen MR) is 80.3 cm³/mol. The summed E-state index contributed by atoms with van der Waals surface area (Å²) in [6.07, 6.45) is 5.25. The summed E-state index contributed by atoms with van der Waals surface area (Å²) in [5.41, 5.74) is 0.278. The monoisotopic (exact) mass is 299 g/mol. The number of rotatable bonds is 3.